The van der Waals surface area contributed by atoms with Crippen molar-refractivity contribution in [2.45, 2.75) is 46.5 Å². The second kappa shape index (κ2) is 4.12. The lowest BCUT2D eigenvalue weighted by molar-refractivity contribution is 0.155. The molecule has 0 aromatic heterocycles. The van der Waals surface area contributed by atoms with Crippen molar-refractivity contribution in [3.63, 3.8) is 0 Å². The number of ether oxygens (including phenoxy) is 1. The van der Waals surface area contributed by atoms with Crippen LogP contribution >= 0.6 is 0 Å². The van der Waals surface area contributed by atoms with Crippen molar-refractivity contribution in [2.24, 2.45) is 5.41 Å². The van der Waals surface area contributed by atoms with Crippen molar-refractivity contribution in [3.8, 4) is 5.75 Å². The fourth-order valence-electron chi connectivity index (χ4n) is 2.26. The maximum atomic E-state index is 5.81. The fourth-order valence-corrected chi connectivity index (χ4v) is 2.26. The summed E-state index contributed by atoms with van der Waals surface area (Å²) in [4.78, 5) is 0. The molecular formula is C15H22O. The Morgan fingerprint density at radius 2 is 2.12 bits per heavy atom. The first-order valence-electron chi connectivity index (χ1n) is 6.27. The Kier molecular flexibility index (Phi) is 2.96. The van der Waals surface area contributed by atoms with Crippen molar-refractivity contribution < 1.29 is 4.74 Å². The molecule has 1 nitrogen and oxygen atoms in total. The van der Waals surface area contributed by atoms with Crippen molar-refractivity contribution in [2.75, 3.05) is 6.61 Å². The fraction of sp³-hybridized carbons (Fsp3) is 0.600. The Bertz CT molecular complexity index is 379. The molecular weight excluding hydrogens is 196 g/mol. The summed E-state index contributed by atoms with van der Waals surface area (Å²) >= 11 is 0. The van der Waals surface area contributed by atoms with E-state index in [0.29, 0.717) is 5.92 Å². The molecule has 1 atom stereocenters. The Balaban J connectivity index is 2.31. The third-order valence-electron chi connectivity index (χ3n) is 3.55. The maximum Gasteiger partial charge on any atom is 0.122 e. The average Bonchev–Trinajstić information content (AvgIpc) is 2.25. The molecule has 0 saturated carbocycles. The van der Waals surface area contributed by atoms with E-state index in [2.05, 4.69) is 45.9 Å². The van der Waals surface area contributed by atoms with E-state index in [1.165, 1.54) is 17.5 Å². The molecule has 0 N–H and O–H groups in total. The zero-order chi connectivity index (χ0) is 11.8. The second-order valence-corrected chi connectivity index (χ2v) is 5.81. The van der Waals surface area contributed by atoms with E-state index in [9.17, 15) is 0 Å². The highest BCUT2D eigenvalue weighted by Gasteiger charge is 2.26. The highest BCUT2D eigenvalue weighted by atomic mass is 16.5. The highest BCUT2D eigenvalue weighted by Crippen LogP contribution is 2.35. The molecule has 0 aliphatic carbocycles. The van der Waals surface area contributed by atoms with Gasteiger partial charge in [-0.2, -0.15) is 0 Å². The Morgan fingerprint density at radius 3 is 2.81 bits per heavy atom. The molecule has 1 heteroatoms. The molecule has 1 heterocycles. The standard InChI is InChI=1S/C15H22O/c1-5-11(2)12-6-7-14-13(8-12)9-15(3,4)10-16-14/h6-8,11H,5,9-10H2,1-4H3. The molecule has 1 aliphatic rings. The SMILES string of the molecule is CCC(C)c1ccc2c(c1)CC(C)(C)CO2. The lowest BCUT2D eigenvalue weighted by atomic mass is 9.83. The zero-order valence-electron chi connectivity index (χ0n) is 10.8. The van der Waals surface area contributed by atoms with Gasteiger partial charge in [0.1, 0.15) is 5.75 Å². The Hall–Kier alpha value is -0.980. The van der Waals surface area contributed by atoms with Crippen molar-refractivity contribution in [3.05, 3.63) is 29.3 Å². The smallest absolute Gasteiger partial charge is 0.122 e. The largest absolute Gasteiger partial charge is 0.493 e. The van der Waals surface area contributed by atoms with Gasteiger partial charge in [-0.15, -0.1) is 0 Å². The molecule has 1 aliphatic heterocycles. The zero-order valence-corrected chi connectivity index (χ0v) is 10.8. The molecule has 1 aromatic rings. The average molecular weight is 218 g/mol. The molecule has 0 bridgehead atoms. The van der Waals surface area contributed by atoms with E-state index in [1.54, 1.807) is 0 Å². The first-order chi connectivity index (χ1) is 7.52. The summed E-state index contributed by atoms with van der Waals surface area (Å²) < 4.78 is 5.81. The van der Waals surface area contributed by atoms with Gasteiger partial charge in [0.25, 0.3) is 0 Å². The minimum atomic E-state index is 0.279. The summed E-state index contributed by atoms with van der Waals surface area (Å²) in [5.74, 6) is 1.74. The predicted molar refractivity (Wildman–Crippen MR) is 68.1 cm³/mol. The van der Waals surface area contributed by atoms with Crippen LogP contribution in [-0.2, 0) is 6.42 Å². The number of hydrogen-bond donors (Lipinski definition) is 0. The van der Waals surface area contributed by atoms with Crippen LogP contribution in [0.5, 0.6) is 5.75 Å². The quantitative estimate of drug-likeness (QED) is 0.724. The molecule has 0 spiro atoms. The van der Waals surface area contributed by atoms with Gasteiger partial charge in [0.05, 0.1) is 6.61 Å². The molecule has 0 radical (unpaired) electrons. The molecule has 2 rings (SSSR count). The van der Waals surface area contributed by atoms with Crippen LogP contribution in [0, 0.1) is 5.41 Å². The molecule has 1 aromatic carbocycles. The van der Waals surface area contributed by atoms with Gasteiger partial charge in [-0.1, -0.05) is 39.8 Å². The van der Waals surface area contributed by atoms with Crippen LogP contribution in [0.1, 0.15) is 51.2 Å². The molecule has 0 saturated heterocycles. The first-order valence-corrected chi connectivity index (χ1v) is 6.27. The molecule has 88 valence electrons. The van der Waals surface area contributed by atoms with Gasteiger partial charge in [-0.3, -0.25) is 0 Å². The summed E-state index contributed by atoms with van der Waals surface area (Å²) in [5, 5.41) is 0. The van der Waals surface area contributed by atoms with Gasteiger partial charge < -0.3 is 4.74 Å². The molecule has 16 heavy (non-hydrogen) atoms. The minimum Gasteiger partial charge on any atom is -0.493 e. The summed E-state index contributed by atoms with van der Waals surface area (Å²) in [6, 6.07) is 6.70. The summed E-state index contributed by atoms with van der Waals surface area (Å²) in [6.45, 7) is 9.90. The molecule has 1 unspecified atom stereocenters. The maximum absolute atomic E-state index is 5.81. The third kappa shape index (κ3) is 2.23. The molecule has 0 amide bonds. The van der Waals surface area contributed by atoms with E-state index in [-0.39, 0.29) is 5.41 Å². The van der Waals surface area contributed by atoms with Crippen LogP contribution in [0.2, 0.25) is 0 Å². The van der Waals surface area contributed by atoms with Crippen molar-refractivity contribution in [1.82, 2.24) is 0 Å². The monoisotopic (exact) mass is 218 g/mol. The highest BCUT2D eigenvalue weighted by molar-refractivity contribution is 5.40. The van der Waals surface area contributed by atoms with E-state index >= 15 is 0 Å². The number of fused-ring (bicyclic) bond motifs is 1. The van der Waals surface area contributed by atoms with Gasteiger partial charge in [-0.25, -0.2) is 0 Å². The van der Waals surface area contributed by atoms with E-state index in [4.69, 9.17) is 4.74 Å². The summed E-state index contributed by atoms with van der Waals surface area (Å²) in [5.41, 5.74) is 3.11. The minimum absolute atomic E-state index is 0.279. The Labute approximate surface area is 98.8 Å². The van der Waals surface area contributed by atoms with E-state index in [1.807, 2.05) is 0 Å². The number of rotatable bonds is 2. The van der Waals surface area contributed by atoms with Gasteiger partial charge in [0, 0.05) is 5.41 Å². The topological polar surface area (TPSA) is 9.23 Å². The first kappa shape index (κ1) is 11.5. The van der Waals surface area contributed by atoms with Crippen LogP contribution in [0.3, 0.4) is 0 Å². The van der Waals surface area contributed by atoms with Crippen LogP contribution in [-0.4, -0.2) is 6.61 Å². The summed E-state index contributed by atoms with van der Waals surface area (Å²) in [6.07, 6.45) is 2.33. The van der Waals surface area contributed by atoms with E-state index < -0.39 is 0 Å². The number of hydrogen-bond acceptors (Lipinski definition) is 1. The van der Waals surface area contributed by atoms with Crippen molar-refractivity contribution >= 4 is 0 Å². The molecule has 0 fully saturated rings. The van der Waals surface area contributed by atoms with Crippen LogP contribution in [0.4, 0.5) is 0 Å². The Morgan fingerprint density at radius 1 is 1.38 bits per heavy atom. The predicted octanol–water partition coefficient (Wildman–Crippen LogP) is 4.16. The normalized spacial score (nSPS) is 19.8. The van der Waals surface area contributed by atoms with Gasteiger partial charge >= 0.3 is 0 Å². The lowest BCUT2D eigenvalue weighted by Crippen LogP contribution is -2.28. The number of benzene rings is 1. The second-order valence-electron chi connectivity index (χ2n) is 5.81. The lowest BCUT2D eigenvalue weighted by Gasteiger charge is -2.32. The summed E-state index contributed by atoms with van der Waals surface area (Å²) in [7, 11) is 0. The van der Waals surface area contributed by atoms with Crippen LogP contribution < -0.4 is 4.74 Å². The van der Waals surface area contributed by atoms with Gasteiger partial charge in [-0.05, 0) is 36.0 Å². The third-order valence-corrected chi connectivity index (χ3v) is 3.55. The van der Waals surface area contributed by atoms with Crippen molar-refractivity contribution in [1.29, 1.82) is 0 Å². The van der Waals surface area contributed by atoms with Crippen LogP contribution in [0.15, 0.2) is 18.2 Å². The van der Waals surface area contributed by atoms with Crippen LogP contribution in [0.25, 0.3) is 0 Å². The van der Waals surface area contributed by atoms with E-state index in [0.717, 1.165) is 18.8 Å². The van der Waals surface area contributed by atoms with Gasteiger partial charge in [0.2, 0.25) is 0 Å². The van der Waals surface area contributed by atoms with Gasteiger partial charge in [0.15, 0.2) is 0 Å².